The third-order valence-corrected chi connectivity index (χ3v) is 7.62. The van der Waals surface area contributed by atoms with Crippen LogP contribution in [-0.4, -0.2) is 47.6 Å². The maximum atomic E-state index is 14.2. The highest BCUT2D eigenvalue weighted by Crippen LogP contribution is 2.42. The van der Waals surface area contributed by atoms with Gasteiger partial charge in [-0.05, 0) is 86.6 Å². The molecule has 0 bridgehead atoms. The van der Waals surface area contributed by atoms with Gasteiger partial charge in [0, 0.05) is 29.7 Å². The Kier molecular flexibility index (Phi) is 8.65. The van der Waals surface area contributed by atoms with E-state index in [1.54, 1.807) is 47.4 Å². The fourth-order valence-electron chi connectivity index (χ4n) is 5.20. The summed E-state index contributed by atoms with van der Waals surface area (Å²) in [4.78, 5) is 29.3. The van der Waals surface area contributed by atoms with Crippen molar-refractivity contribution in [2.75, 3.05) is 41.9 Å². The van der Waals surface area contributed by atoms with Gasteiger partial charge in [-0.25, -0.2) is 14.7 Å². The van der Waals surface area contributed by atoms with E-state index in [-0.39, 0.29) is 12.1 Å². The summed E-state index contributed by atoms with van der Waals surface area (Å²) in [5.41, 5.74) is 4.59. The Labute approximate surface area is 247 Å². The van der Waals surface area contributed by atoms with Gasteiger partial charge in [0.1, 0.15) is 5.75 Å². The molecule has 3 aromatic carbocycles. The van der Waals surface area contributed by atoms with Gasteiger partial charge in [0.15, 0.2) is 5.82 Å². The fraction of sp³-hybridized carbons (Fsp3) is 0.273. The summed E-state index contributed by atoms with van der Waals surface area (Å²) in [7, 11) is 1.61. The van der Waals surface area contributed by atoms with Gasteiger partial charge in [-0.3, -0.25) is 4.90 Å². The van der Waals surface area contributed by atoms with E-state index in [2.05, 4.69) is 47.3 Å². The largest absolute Gasteiger partial charge is 0.497 e. The Morgan fingerprint density at radius 1 is 1.02 bits per heavy atom. The second-order valence-electron chi connectivity index (χ2n) is 10.1. The van der Waals surface area contributed by atoms with E-state index in [1.807, 2.05) is 43.3 Å². The molecule has 1 unspecified atom stereocenters. The molecule has 0 saturated carbocycles. The van der Waals surface area contributed by atoms with Crippen molar-refractivity contribution in [3.05, 3.63) is 95.7 Å². The molecule has 9 heteroatoms. The van der Waals surface area contributed by atoms with E-state index >= 15 is 0 Å². The first-order valence-electron chi connectivity index (χ1n) is 14.2. The lowest BCUT2D eigenvalue weighted by atomic mass is 10.0. The molecule has 0 fully saturated rings. The molecular formula is C33H35N7O2. The van der Waals surface area contributed by atoms with Crippen LogP contribution in [0.1, 0.15) is 43.5 Å². The molecular weight excluding hydrogens is 526 g/mol. The smallest absolute Gasteiger partial charge is 0.335 e. The van der Waals surface area contributed by atoms with Crippen molar-refractivity contribution in [2.45, 2.75) is 33.2 Å². The lowest BCUT2D eigenvalue weighted by Gasteiger charge is -2.40. The van der Waals surface area contributed by atoms with Crippen LogP contribution in [0.2, 0.25) is 0 Å². The number of methoxy groups -OCH3 is 1. The molecule has 42 heavy (non-hydrogen) atoms. The maximum absolute atomic E-state index is 14.2. The number of nitrogens with zero attached hydrogens (tertiary/aromatic N) is 6. The topological polar surface area (TPSA) is 97.6 Å². The summed E-state index contributed by atoms with van der Waals surface area (Å²) in [6.45, 7) is 9.36. The molecule has 1 atom stereocenters. The zero-order valence-corrected chi connectivity index (χ0v) is 24.4. The van der Waals surface area contributed by atoms with Crippen molar-refractivity contribution < 1.29 is 9.53 Å². The van der Waals surface area contributed by atoms with Crippen LogP contribution in [0, 0.1) is 11.3 Å². The van der Waals surface area contributed by atoms with Crippen molar-refractivity contribution in [1.82, 2.24) is 14.9 Å². The number of rotatable bonds is 10. The van der Waals surface area contributed by atoms with Crippen LogP contribution < -0.4 is 19.9 Å². The van der Waals surface area contributed by atoms with Gasteiger partial charge in [0.05, 0.1) is 30.5 Å². The third kappa shape index (κ3) is 5.90. The Hall–Kier alpha value is -4.94. The minimum Gasteiger partial charge on any atom is -0.497 e. The molecule has 1 aromatic heterocycles. The Bertz CT molecular complexity index is 1600. The van der Waals surface area contributed by atoms with Gasteiger partial charge in [0.25, 0.3) is 0 Å². The van der Waals surface area contributed by atoms with E-state index in [1.165, 1.54) is 5.56 Å². The number of hydrogen-bond donors (Lipinski definition) is 1. The highest BCUT2D eigenvalue weighted by atomic mass is 16.5. The molecule has 1 N–H and O–H groups in total. The molecule has 5 rings (SSSR count). The van der Waals surface area contributed by atoms with E-state index in [0.29, 0.717) is 34.5 Å². The van der Waals surface area contributed by atoms with E-state index in [0.717, 1.165) is 37.3 Å². The van der Waals surface area contributed by atoms with Crippen LogP contribution in [-0.2, 0) is 6.42 Å². The number of anilines is 5. The number of likely N-dealkylation sites (N-methyl/N-ethyl adjacent to an activating group) is 1. The number of amides is 2. The molecule has 0 aliphatic carbocycles. The summed E-state index contributed by atoms with van der Waals surface area (Å²) >= 11 is 0. The predicted octanol–water partition coefficient (Wildman–Crippen LogP) is 6.82. The Morgan fingerprint density at radius 2 is 1.79 bits per heavy atom. The number of carbonyl (C=O) groups is 1. The molecule has 0 spiro atoms. The second kappa shape index (κ2) is 12.7. The normalized spacial score (nSPS) is 14.5. The summed E-state index contributed by atoms with van der Waals surface area (Å²) in [6, 6.07) is 24.1. The molecule has 4 aromatic rings. The lowest BCUT2D eigenvalue weighted by molar-refractivity contribution is 0.250. The minimum absolute atomic E-state index is 0.279. The van der Waals surface area contributed by atoms with Gasteiger partial charge >= 0.3 is 6.03 Å². The number of fused-ring (bicyclic) bond motifs is 1. The summed E-state index contributed by atoms with van der Waals surface area (Å²) < 4.78 is 5.31. The van der Waals surface area contributed by atoms with Crippen LogP contribution in [0.15, 0.2) is 79.0 Å². The number of ether oxygens (including phenoxy) is 1. The summed E-state index contributed by atoms with van der Waals surface area (Å²) in [5.74, 6) is 1.56. The SMILES string of the molecule is CCN(CC)CCc1cccc(Nc2ncc3c(n2)N(c2cccc(C#N)c2)C(=O)N(c2ccc(OC)cc2)C3C)c1. The molecule has 0 saturated heterocycles. The van der Waals surface area contributed by atoms with Crippen LogP contribution in [0.3, 0.4) is 0 Å². The van der Waals surface area contributed by atoms with Crippen molar-refractivity contribution in [1.29, 1.82) is 5.26 Å². The van der Waals surface area contributed by atoms with Gasteiger partial charge in [-0.15, -0.1) is 0 Å². The van der Waals surface area contributed by atoms with Crippen molar-refractivity contribution in [3.8, 4) is 11.8 Å². The second-order valence-corrected chi connectivity index (χ2v) is 10.1. The average Bonchev–Trinajstić information content (AvgIpc) is 3.02. The van der Waals surface area contributed by atoms with Gasteiger partial charge in [0.2, 0.25) is 5.95 Å². The average molecular weight is 562 g/mol. The standard InChI is InChI=1S/C33H35N7O2/c1-5-38(6-2)18-17-24-9-7-11-26(19-24)36-32-35-22-30-23(3)39(27-13-15-29(42-4)16-14-27)33(41)40(31(30)37-32)28-12-8-10-25(20-28)21-34/h7-16,19-20,22-23H,5-6,17-18H2,1-4H3,(H,35,36,37). The van der Waals surface area contributed by atoms with Crippen molar-refractivity contribution in [2.24, 2.45) is 0 Å². The van der Waals surface area contributed by atoms with E-state index < -0.39 is 0 Å². The first-order valence-corrected chi connectivity index (χ1v) is 14.2. The van der Waals surface area contributed by atoms with Crippen LogP contribution >= 0.6 is 0 Å². The van der Waals surface area contributed by atoms with Gasteiger partial charge in [-0.2, -0.15) is 10.2 Å². The van der Waals surface area contributed by atoms with Gasteiger partial charge < -0.3 is 15.0 Å². The number of urea groups is 1. The summed E-state index contributed by atoms with van der Waals surface area (Å²) in [6.07, 6.45) is 2.71. The monoisotopic (exact) mass is 561 g/mol. The molecule has 214 valence electrons. The van der Waals surface area contributed by atoms with Crippen LogP contribution in [0.5, 0.6) is 5.75 Å². The minimum atomic E-state index is -0.339. The van der Waals surface area contributed by atoms with Crippen LogP contribution in [0.25, 0.3) is 0 Å². The highest BCUT2D eigenvalue weighted by Gasteiger charge is 2.39. The molecule has 9 nitrogen and oxygen atoms in total. The third-order valence-electron chi connectivity index (χ3n) is 7.62. The number of aromatic nitrogens is 2. The first kappa shape index (κ1) is 28.6. The Balaban J connectivity index is 1.51. The highest BCUT2D eigenvalue weighted by molar-refractivity contribution is 6.11. The number of nitrogens with one attached hydrogen (secondary N) is 1. The molecule has 1 aliphatic heterocycles. The number of benzene rings is 3. The van der Waals surface area contributed by atoms with E-state index in [4.69, 9.17) is 9.72 Å². The lowest BCUT2D eigenvalue weighted by Crippen LogP contribution is -2.47. The predicted molar refractivity (Wildman–Crippen MR) is 166 cm³/mol. The Morgan fingerprint density at radius 3 is 2.50 bits per heavy atom. The van der Waals surface area contributed by atoms with Crippen LogP contribution in [0.4, 0.5) is 33.6 Å². The van der Waals surface area contributed by atoms with Crippen molar-refractivity contribution >= 4 is 34.9 Å². The molecule has 2 heterocycles. The van der Waals surface area contributed by atoms with Gasteiger partial charge in [-0.1, -0.05) is 32.0 Å². The first-order chi connectivity index (χ1) is 20.4. The quantitative estimate of drug-likeness (QED) is 0.227. The molecule has 1 aliphatic rings. The molecule has 0 radical (unpaired) electrons. The van der Waals surface area contributed by atoms with E-state index in [9.17, 15) is 10.1 Å². The zero-order valence-electron chi connectivity index (χ0n) is 24.4. The number of hydrogen-bond acceptors (Lipinski definition) is 7. The zero-order chi connectivity index (χ0) is 29.6. The molecule has 2 amide bonds. The van der Waals surface area contributed by atoms with Crippen molar-refractivity contribution in [3.63, 3.8) is 0 Å². The maximum Gasteiger partial charge on any atom is 0.335 e. The fourth-order valence-corrected chi connectivity index (χ4v) is 5.20. The number of nitriles is 1. The number of carbonyl (C=O) groups excluding carboxylic acids is 1. The summed E-state index contributed by atoms with van der Waals surface area (Å²) in [5, 5.41) is 12.9.